The summed E-state index contributed by atoms with van der Waals surface area (Å²) in [4.78, 5) is 21.3. The first-order valence-electron chi connectivity index (χ1n) is 9.69. The highest BCUT2D eigenvalue weighted by molar-refractivity contribution is 7.10. The number of thiophene rings is 1. The van der Waals surface area contributed by atoms with Crippen LogP contribution in [-0.2, 0) is 17.9 Å². The van der Waals surface area contributed by atoms with Gasteiger partial charge in [0.05, 0.1) is 12.5 Å². The van der Waals surface area contributed by atoms with Crippen molar-refractivity contribution in [3.8, 4) is 0 Å². The van der Waals surface area contributed by atoms with Crippen molar-refractivity contribution in [2.75, 3.05) is 13.1 Å². The lowest BCUT2D eigenvalue weighted by molar-refractivity contribution is -0.134. The van der Waals surface area contributed by atoms with Crippen molar-refractivity contribution in [1.82, 2.24) is 19.8 Å². The monoisotopic (exact) mass is 372 g/mol. The molecule has 1 saturated heterocycles. The fourth-order valence-corrected chi connectivity index (χ4v) is 5.19. The highest BCUT2D eigenvalue weighted by Crippen LogP contribution is 2.56. The first kappa shape index (κ1) is 17.7. The summed E-state index contributed by atoms with van der Waals surface area (Å²) < 4.78 is 2.15. The zero-order valence-electron chi connectivity index (χ0n) is 15.6. The van der Waals surface area contributed by atoms with E-state index in [4.69, 9.17) is 0 Å². The van der Waals surface area contributed by atoms with Crippen LogP contribution in [0.4, 0.5) is 0 Å². The number of aryl methyl sites for hydroxylation is 1. The van der Waals surface area contributed by atoms with E-state index in [-0.39, 0.29) is 11.8 Å². The van der Waals surface area contributed by atoms with E-state index >= 15 is 0 Å². The van der Waals surface area contributed by atoms with Crippen molar-refractivity contribution in [1.29, 1.82) is 0 Å². The number of nitrogens with zero attached hydrogens (tertiary/aromatic N) is 3. The maximum absolute atomic E-state index is 13.5. The van der Waals surface area contributed by atoms with Crippen LogP contribution in [0.25, 0.3) is 0 Å². The van der Waals surface area contributed by atoms with E-state index in [1.807, 2.05) is 25.4 Å². The van der Waals surface area contributed by atoms with Gasteiger partial charge in [0.25, 0.3) is 0 Å². The normalized spacial score (nSPS) is 22.3. The number of hydrogen-bond donors (Lipinski definition) is 1. The summed E-state index contributed by atoms with van der Waals surface area (Å²) >= 11 is 1.67. The number of carbonyl (C=O) groups excluding carboxylic acids is 1. The van der Waals surface area contributed by atoms with Gasteiger partial charge in [-0.3, -0.25) is 4.79 Å². The van der Waals surface area contributed by atoms with Crippen LogP contribution in [0.5, 0.6) is 0 Å². The lowest BCUT2D eigenvalue weighted by atomic mass is 9.93. The minimum Gasteiger partial charge on any atom is -0.334 e. The van der Waals surface area contributed by atoms with Gasteiger partial charge in [0.15, 0.2) is 0 Å². The van der Waals surface area contributed by atoms with Gasteiger partial charge in [-0.2, -0.15) is 0 Å². The smallest absolute Gasteiger partial charge is 0.231 e. The molecule has 1 N–H and O–H groups in total. The number of amides is 1. The summed E-state index contributed by atoms with van der Waals surface area (Å²) in [5.41, 5.74) is 0.333. The van der Waals surface area contributed by atoms with Crippen LogP contribution in [-0.4, -0.2) is 39.5 Å². The van der Waals surface area contributed by atoms with E-state index in [1.165, 1.54) is 12.8 Å². The molecule has 2 fully saturated rings. The Labute approximate surface area is 159 Å². The first-order chi connectivity index (χ1) is 12.6. The highest BCUT2D eigenvalue weighted by Gasteiger charge is 2.58. The van der Waals surface area contributed by atoms with E-state index in [2.05, 4.69) is 38.1 Å². The average Bonchev–Trinajstić information content (AvgIpc) is 3.07. The molecule has 4 rings (SSSR count). The molecule has 1 saturated carbocycles. The molecule has 1 aliphatic carbocycles. The lowest BCUT2D eigenvalue weighted by Crippen LogP contribution is -2.41. The molecule has 5 nitrogen and oxygen atoms in total. The Balaban J connectivity index is 1.58. The molecule has 1 amide bonds. The van der Waals surface area contributed by atoms with Gasteiger partial charge in [-0.25, -0.2) is 4.98 Å². The van der Waals surface area contributed by atoms with Crippen LogP contribution in [0.3, 0.4) is 0 Å². The standard InChI is InChI=1S/C20H28N4OS/c1-3-23-11-10-22-18(23)14-24(17-13-20(17)6-8-21-9-7-20)19(25)15(2)16-5-4-12-26-16/h4-5,10-12,15,17,21H,3,6-9,13-14H2,1-2H3. The molecular formula is C20H28N4OS. The SMILES string of the molecule is CCn1ccnc1CN(C(=O)C(C)c1cccs1)C1CC12CCNCC2. The number of aromatic nitrogens is 2. The lowest BCUT2D eigenvalue weighted by Gasteiger charge is -2.31. The zero-order valence-corrected chi connectivity index (χ0v) is 16.5. The Kier molecular flexibility index (Phi) is 4.88. The second-order valence-corrected chi connectivity index (χ2v) is 8.64. The third kappa shape index (κ3) is 3.21. The third-order valence-electron chi connectivity index (χ3n) is 6.20. The minimum atomic E-state index is -0.0839. The molecule has 1 spiro atoms. The van der Waals surface area contributed by atoms with E-state index in [0.29, 0.717) is 18.0 Å². The maximum Gasteiger partial charge on any atom is 0.231 e. The summed E-state index contributed by atoms with van der Waals surface area (Å²) in [5, 5.41) is 5.51. The van der Waals surface area contributed by atoms with E-state index < -0.39 is 0 Å². The molecule has 0 aromatic carbocycles. The number of hydrogen-bond acceptors (Lipinski definition) is 4. The average molecular weight is 373 g/mol. The highest BCUT2D eigenvalue weighted by atomic mass is 32.1. The molecule has 2 aromatic heterocycles. The van der Waals surface area contributed by atoms with Gasteiger partial charge in [-0.15, -0.1) is 11.3 Å². The van der Waals surface area contributed by atoms with Gasteiger partial charge < -0.3 is 14.8 Å². The van der Waals surface area contributed by atoms with Crippen LogP contribution in [0, 0.1) is 5.41 Å². The molecule has 1 aliphatic heterocycles. The molecule has 2 aromatic rings. The summed E-state index contributed by atoms with van der Waals surface area (Å²) in [6.45, 7) is 7.82. The van der Waals surface area contributed by atoms with Crippen molar-refractivity contribution >= 4 is 17.2 Å². The quantitative estimate of drug-likeness (QED) is 0.847. The number of imidazole rings is 1. The second-order valence-electron chi connectivity index (χ2n) is 7.67. The molecule has 0 bridgehead atoms. The molecule has 0 radical (unpaired) electrons. The molecule has 6 heteroatoms. The Hall–Kier alpha value is -1.66. The molecule has 2 atom stereocenters. The topological polar surface area (TPSA) is 50.2 Å². The van der Waals surface area contributed by atoms with E-state index in [9.17, 15) is 4.79 Å². The Morgan fingerprint density at radius 1 is 1.50 bits per heavy atom. The number of rotatable bonds is 6. The van der Waals surface area contributed by atoms with Gasteiger partial charge in [0.1, 0.15) is 5.82 Å². The fraction of sp³-hybridized carbons (Fsp3) is 0.600. The van der Waals surface area contributed by atoms with Crippen LogP contribution in [0.2, 0.25) is 0 Å². The summed E-state index contributed by atoms with van der Waals surface area (Å²) in [6.07, 6.45) is 7.35. The molecule has 2 unspecified atom stereocenters. The zero-order chi connectivity index (χ0) is 18.1. The Morgan fingerprint density at radius 2 is 2.31 bits per heavy atom. The fourth-order valence-electron chi connectivity index (χ4n) is 4.41. The van der Waals surface area contributed by atoms with Crippen LogP contribution >= 0.6 is 11.3 Å². The van der Waals surface area contributed by atoms with Crippen molar-refractivity contribution in [3.05, 3.63) is 40.6 Å². The third-order valence-corrected chi connectivity index (χ3v) is 7.25. The predicted octanol–water partition coefficient (Wildman–Crippen LogP) is 3.24. The van der Waals surface area contributed by atoms with Crippen LogP contribution in [0.15, 0.2) is 29.9 Å². The van der Waals surface area contributed by atoms with Gasteiger partial charge in [-0.1, -0.05) is 6.07 Å². The molecule has 140 valence electrons. The molecule has 26 heavy (non-hydrogen) atoms. The van der Waals surface area contributed by atoms with Gasteiger partial charge >= 0.3 is 0 Å². The Morgan fingerprint density at radius 3 is 3.00 bits per heavy atom. The Bertz CT molecular complexity index is 748. The predicted molar refractivity (Wildman–Crippen MR) is 104 cm³/mol. The maximum atomic E-state index is 13.5. The van der Waals surface area contributed by atoms with Crippen molar-refractivity contribution in [2.24, 2.45) is 5.41 Å². The largest absolute Gasteiger partial charge is 0.334 e. The van der Waals surface area contributed by atoms with E-state index in [1.54, 1.807) is 11.3 Å². The van der Waals surface area contributed by atoms with Gasteiger partial charge in [0, 0.05) is 29.9 Å². The van der Waals surface area contributed by atoms with Crippen LogP contribution < -0.4 is 5.32 Å². The van der Waals surface area contributed by atoms with E-state index in [0.717, 1.165) is 36.8 Å². The first-order valence-corrected chi connectivity index (χ1v) is 10.6. The summed E-state index contributed by atoms with van der Waals surface area (Å²) in [7, 11) is 0. The number of nitrogens with one attached hydrogen (secondary N) is 1. The molecule has 3 heterocycles. The number of piperidine rings is 1. The van der Waals surface area contributed by atoms with Crippen molar-refractivity contribution in [3.63, 3.8) is 0 Å². The summed E-state index contributed by atoms with van der Waals surface area (Å²) in [5.74, 6) is 1.16. The van der Waals surface area contributed by atoms with Crippen molar-refractivity contribution in [2.45, 2.75) is 58.2 Å². The molecule has 2 aliphatic rings. The van der Waals surface area contributed by atoms with Crippen molar-refractivity contribution < 1.29 is 4.79 Å². The second kappa shape index (κ2) is 7.16. The molecular weight excluding hydrogens is 344 g/mol. The number of carbonyl (C=O) groups is 1. The minimum absolute atomic E-state index is 0.0839. The van der Waals surface area contributed by atoms with Gasteiger partial charge in [-0.05, 0) is 63.1 Å². The van der Waals surface area contributed by atoms with Gasteiger partial charge in [0.2, 0.25) is 5.91 Å². The summed E-state index contributed by atoms with van der Waals surface area (Å²) in [6, 6.07) is 4.47. The van der Waals surface area contributed by atoms with Crippen LogP contribution in [0.1, 0.15) is 49.7 Å².